The lowest BCUT2D eigenvalue weighted by Crippen LogP contribution is -2.23. The standard InChI is InChI=1S/C12H14FN3O2/c13-11-4-9(6-14)3-10(5-11)7-16-1-2-18-8-12(15)17/h3-5,16H,1-2,7-8H2,(H2,15,17). The van der Waals surface area contributed by atoms with Gasteiger partial charge in [0.25, 0.3) is 0 Å². The number of halogens is 1. The van der Waals surface area contributed by atoms with Crippen LogP contribution in [0.5, 0.6) is 0 Å². The van der Waals surface area contributed by atoms with Crippen molar-refractivity contribution in [3.8, 4) is 6.07 Å². The SMILES string of the molecule is N#Cc1cc(F)cc(CNCCOCC(N)=O)c1. The quantitative estimate of drug-likeness (QED) is 0.682. The van der Waals surface area contributed by atoms with Crippen LogP contribution in [0.2, 0.25) is 0 Å². The number of amides is 1. The Morgan fingerprint density at radius 1 is 1.50 bits per heavy atom. The second-order valence-electron chi connectivity index (χ2n) is 3.66. The van der Waals surface area contributed by atoms with Gasteiger partial charge in [0.05, 0.1) is 18.2 Å². The van der Waals surface area contributed by atoms with E-state index < -0.39 is 11.7 Å². The van der Waals surface area contributed by atoms with Gasteiger partial charge >= 0.3 is 0 Å². The summed E-state index contributed by atoms with van der Waals surface area (Å²) >= 11 is 0. The number of ether oxygens (including phenoxy) is 1. The zero-order valence-corrected chi connectivity index (χ0v) is 9.78. The van der Waals surface area contributed by atoms with Crippen molar-refractivity contribution < 1.29 is 13.9 Å². The summed E-state index contributed by atoms with van der Waals surface area (Å²) in [4.78, 5) is 10.4. The Bertz CT molecular complexity index is 457. The predicted octanol–water partition coefficient (Wildman–Crippen LogP) is 0.289. The molecule has 0 heterocycles. The van der Waals surface area contributed by atoms with Gasteiger partial charge in [0.2, 0.25) is 5.91 Å². The van der Waals surface area contributed by atoms with Crippen LogP contribution < -0.4 is 11.1 Å². The maximum atomic E-state index is 13.1. The third-order valence-electron chi connectivity index (χ3n) is 2.08. The van der Waals surface area contributed by atoms with Crippen LogP contribution in [0.1, 0.15) is 11.1 Å². The second-order valence-corrected chi connectivity index (χ2v) is 3.66. The van der Waals surface area contributed by atoms with Crippen LogP contribution >= 0.6 is 0 Å². The molecule has 5 nitrogen and oxygen atoms in total. The fourth-order valence-electron chi connectivity index (χ4n) is 1.37. The fraction of sp³-hybridized carbons (Fsp3) is 0.333. The molecule has 0 bridgehead atoms. The van der Waals surface area contributed by atoms with Gasteiger partial charge in [-0.05, 0) is 23.8 Å². The van der Waals surface area contributed by atoms with Gasteiger partial charge in [0.15, 0.2) is 0 Å². The second kappa shape index (κ2) is 7.37. The Hall–Kier alpha value is -1.97. The number of benzene rings is 1. The third-order valence-corrected chi connectivity index (χ3v) is 2.08. The van der Waals surface area contributed by atoms with Crippen LogP contribution in [0.4, 0.5) is 4.39 Å². The van der Waals surface area contributed by atoms with Crippen LogP contribution in [-0.2, 0) is 16.1 Å². The van der Waals surface area contributed by atoms with Crippen molar-refractivity contribution in [2.75, 3.05) is 19.8 Å². The summed E-state index contributed by atoms with van der Waals surface area (Å²) < 4.78 is 18.0. The maximum Gasteiger partial charge on any atom is 0.243 e. The lowest BCUT2D eigenvalue weighted by molar-refractivity contribution is -0.122. The molecule has 1 rings (SSSR count). The van der Waals surface area contributed by atoms with E-state index in [0.717, 1.165) is 0 Å². The van der Waals surface area contributed by atoms with E-state index in [9.17, 15) is 9.18 Å². The largest absolute Gasteiger partial charge is 0.370 e. The molecule has 0 unspecified atom stereocenters. The van der Waals surface area contributed by atoms with Gasteiger partial charge < -0.3 is 15.8 Å². The zero-order valence-electron chi connectivity index (χ0n) is 9.78. The van der Waals surface area contributed by atoms with Crippen LogP contribution in [-0.4, -0.2) is 25.7 Å². The number of carbonyl (C=O) groups is 1. The lowest BCUT2D eigenvalue weighted by Gasteiger charge is -2.06. The lowest BCUT2D eigenvalue weighted by atomic mass is 10.1. The number of nitrogens with zero attached hydrogens (tertiary/aromatic N) is 1. The molecule has 0 fully saturated rings. The highest BCUT2D eigenvalue weighted by Gasteiger charge is 2.00. The Morgan fingerprint density at radius 3 is 2.94 bits per heavy atom. The first kappa shape index (κ1) is 14.1. The van der Waals surface area contributed by atoms with Crippen LogP contribution in [0.25, 0.3) is 0 Å². The molecule has 0 radical (unpaired) electrons. The van der Waals surface area contributed by atoms with E-state index >= 15 is 0 Å². The predicted molar refractivity (Wildman–Crippen MR) is 62.8 cm³/mol. The summed E-state index contributed by atoms with van der Waals surface area (Å²) in [6.07, 6.45) is 0. The molecule has 6 heteroatoms. The van der Waals surface area contributed by atoms with E-state index in [1.807, 2.05) is 6.07 Å². The molecular formula is C12H14FN3O2. The zero-order chi connectivity index (χ0) is 13.4. The summed E-state index contributed by atoms with van der Waals surface area (Å²) in [7, 11) is 0. The number of carbonyl (C=O) groups excluding carboxylic acids is 1. The summed E-state index contributed by atoms with van der Waals surface area (Å²) in [5.74, 6) is -0.949. The molecule has 0 aromatic heterocycles. The highest BCUT2D eigenvalue weighted by Crippen LogP contribution is 2.08. The minimum atomic E-state index is -0.515. The maximum absolute atomic E-state index is 13.1. The summed E-state index contributed by atoms with van der Waals surface area (Å²) in [5.41, 5.74) is 5.86. The van der Waals surface area contributed by atoms with E-state index in [4.69, 9.17) is 15.7 Å². The minimum absolute atomic E-state index is 0.111. The minimum Gasteiger partial charge on any atom is -0.370 e. The van der Waals surface area contributed by atoms with Crippen LogP contribution in [0.3, 0.4) is 0 Å². The molecule has 1 aromatic carbocycles. The third kappa shape index (κ3) is 5.39. The van der Waals surface area contributed by atoms with E-state index in [0.29, 0.717) is 25.3 Å². The van der Waals surface area contributed by atoms with Gasteiger partial charge in [0.1, 0.15) is 12.4 Å². The molecule has 3 N–H and O–H groups in total. The topological polar surface area (TPSA) is 88.1 Å². The number of nitriles is 1. The van der Waals surface area contributed by atoms with Crippen molar-refractivity contribution in [1.29, 1.82) is 5.26 Å². The van der Waals surface area contributed by atoms with Gasteiger partial charge in [-0.25, -0.2) is 4.39 Å². The Morgan fingerprint density at radius 2 is 2.28 bits per heavy atom. The molecule has 0 saturated carbocycles. The Labute approximate surface area is 104 Å². The van der Waals surface area contributed by atoms with E-state index in [2.05, 4.69) is 5.32 Å². The van der Waals surface area contributed by atoms with Gasteiger partial charge in [0, 0.05) is 13.1 Å². The van der Waals surface area contributed by atoms with Crippen molar-refractivity contribution in [3.63, 3.8) is 0 Å². The first-order valence-corrected chi connectivity index (χ1v) is 5.38. The molecule has 1 aromatic rings. The van der Waals surface area contributed by atoms with Gasteiger partial charge in [-0.3, -0.25) is 4.79 Å². The smallest absolute Gasteiger partial charge is 0.243 e. The number of nitrogens with two attached hydrogens (primary N) is 1. The monoisotopic (exact) mass is 251 g/mol. The van der Waals surface area contributed by atoms with Gasteiger partial charge in [-0.2, -0.15) is 5.26 Å². The van der Waals surface area contributed by atoms with Crippen molar-refractivity contribution in [1.82, 2.24) is 5.32 Å². The highest BCUT2D eigenvalue weighted by molar-refractivity contribution is 5.74. The Balaban J connectivity index is 2.29. The molecule has 1 amide bonds. The molecule has 0 spiro atoms. The average molecular weight is 251 g/mol. The summed E-state index contributed by atoms with van der Waals surface area (Å²) in [6, 6.07) is 6.04. The average Bonchev–Trinajstić information content (AvgIpc) is 2.32. The van der Waals surface area contributed by atoms with E-state index in [1.54, 1.807) is 6.07 Å². The van der Waals surface area contributed by atoms with Crippen molar-refractivity contribution in [2.45, 2.75) is 6.54 Å². The van der Waals surface area contributed by atoms with Crippen molar-refractivity contribution in [3.05, 3.63) is 35.1 Å². The van der Waals surface area contributed by atoms with Crippen LogP contribution in [0, 0.1) is 17.1 Å². The molecule has 0 saturated heterocycles. The number of primary amides is 1. The molecule has 0 aliphatic rings. The summed E-state index contributed by atoms with van der Waals surface area (Å²) in [5, 5.41) is 11.7. The van der Waals surface area contributed by atoms with Crippen molar-refractivity contribution in [2.24, 2.45) is 5.73 Å². The number of rotatable bonds is 7. The van der Waals surface area contributed by atoms with Crippen molar-refractivity contribution >= 4 is 5.91 Å². The molecule has 96 valence electrons. The molecule has 0 aliphatic heterocycles. The highest BCUT2D eigenvalue weighted by atomic mass is 19.1. The number of nitrogens with one attached hydrogen (secondary N) is 1. The molecular weight excluding hydrogens is 237 g/mol. The normalized spacial score (nSPS) is 10.0. The number of hydrogen-bond acceptors (Lipinski definition) is 4. The molecule has 18 heavy (non-hydrogen) atoms. The molecule has 0 atom stereocenters. The van der Waals surface area contributed by atoms with E-state index in [-0.39, 0.29) is 12.2 Å². The molecule has 0 aliphatic carbocycles. The van der Waals surface area contributed by atoms with Crippen LogP contribution in [0.15, 0.2) is 18.2 Å². The fourth-order valence-corrected chi connectivity index (χ4v) is 1.37. The first-order chi connectivity index (χ1) is 8.61. The Kier molecular flexibility index (Phi) is 5.77. The summed E-state index contributed by atoms with van der Waals surface area (Å²) in [6.45, 7) is 1.15. The number of hydrogen-bond donors (Lipinski definition) is 2. The van der Waals surface area contributed by atoms with Gasteiger partial charge in [-0.15, -0.1) is 0 Å². The first-order valence-electron chi connectivity index (χ1n) is 5.38. The van der Waals surface area contributed by atoms with E-state index in [1.165, 1.54) is 12.1 Å². The van der Waals surface area contributed by atoms with Gasteiger partial charge in [-0.1, -0.05) is 0 Å².